The van der Waals surface area contributed by atoms with E-state index < -0.39 is 6.10 Å². The van der Waals surface area contributed by atoms with Crippen molar-refractivity contribution in [1.29, 1.82) is 0 Å². The first-order valence-corrected chi connectivity index (χ1v) is 6.21. The summed E-state index contributed by atoms with van der Waals surface area (Å²) in [5, 5.41) is 10.2. The normalized spacial score (nSPS) is 12.3. The van der Waals surface area contributed by atoms with E-state index in [4.69, 9.17) is 9.47 Å². The minimum atomic E-state index is -0.569. The summed E-state index contributed by atoms with van der Waals surface area (Å²) in [7, 11) is 3.15. The number of hydrogen-bond acceptors (Lipinski definition) is 3. The zero-order valence-electron chi connectivity index (χ0n) is 8.46. The van der Waals surface area contributed by atoms with Crippen LogP contribution < -0.4 is 9.47 Å². The molecule has 0 spiro atoms. The molecule has 0 fully saturated rings. The van der Waals surface area contributed by atoms with Gasteiger partial charge in [-0.25, -0.2) is 0 Å². The third kappa shape index (κ3) is 2.86. The minimum Gasteiger partial charge on any atom is -0.495 e. The van der Waals surface area contributed by atoms with Crippen LogP contribution in [-0.2, 0) is 0 Å². The highest BCUT2D eigenvalue weighted by Gasteiger charge is 2.14. The van der Waals surface area contributed by atoms with Gasteiger partial charge in [0.25, 0.3) is 0 Å². The highest BCUT2D eigenvalue weighted by molar-refractivity contribution is 9.10. The summed E-state index contributed by atoms with van der Waals surface area (Å²) in [6.07, 6.45) is -0.569. The Hall–Kier alpha value is -0.260. The number of benzene rings is 1. The van der Waals surface area contributed by atoms with E-state index in [1.54, 1.807) is 26.4 Å². The second kappa shape index (κ2) is 5.72. The predicted molar refractivity (Wildman–Crippen MR) is 66.0 cm³/mol. The molecule has 0 heterocycles. The van der Waals surface area contributed by atoms with Crippen molar-refractivity contribution in [3.05, 3.63) is 22.2 Å². The molecule has 1 rings (SSSR count). The van der Waals surface area contributed by atoms with Gasteiger partial charge in [0.15, 0.2) is 0 Å². The fraction of sp³-hybridized carbons (Fsp3) is 0.400. The van der Waals surface area contributed by atoms with E-state index in [0.717, 1.165) is 10.0 Å². The molecule has 1 aromatic carbocycles. The van der Waals surface area contributed by atoms with E-state index in [-0.39, 0.29) is 0 Å². The first-order chi connectivity index (χ1) is 7.13. The molecule has 0 aliphatic heterocycles. The molecule has 1 atom stereocenters. The Bertz CT molecular complexity index is 316. The average Bonchev–Trinajstić information content (AvgIpc) is 2.28. The second-order valence-corrected chi connectivity index (χ2v) is 4.35. The predicted octanol–water partition coefficient (Wildman–Crippen LogP) is 2.89. The average molecular weight is 340 g/mol. The lowest BCUT2D eigenvalue weighted by Gasteiger charge is -2.13. The van der Waals surface area contributed by atoms with Gasteiger partial charge >= 0.3 is 0 Å². The number of rotatable bonds is 4. The number of halogens is 2. The molecule has 0 saturated carbocycles. The van der Waals surface area contributed by atoms with E-state index >= 15 is 0 Å². The molecular weight excluding hydrogens is 328 g/mol. The maximum absolute atomic E-state index is 9.69. The molecule has 0 aliphatic rings. The quantitative estimate of drug-likeness (QED) is 0.857. The Labute approximate surface area is 106 Å². The number of aliphatic hydroxyl groups excluding tert-OH is 1. The van der Waals surface area contributed by atoms with Crippen molar-refractivity contribution in [2.24, 2.45) is 0 Å². The lowest BCUT2D eigenvalue weighted by Crippen LogP contribution is -2.00. The van der Waals surface area contributed by atoms with Crippen molar-refractivity contribution in [3.8, 4) is 11.5 Å². The summed E-state index contributed by atoms with van der Waals surface area (Å²) < 4.78 is 11.1. The van der Waals surface area contributed by atoms with Crippen molar-refractivity contribution in [1.82, 2.24) is 0 Å². The molecule has 5 heteroatoms. The molecule has 0 amide bonds. The van der Waals surface area contributed by atoms with Gasteiger partial charge in [0, 0.05) is 5.33 Å². The largest absolute Gasteiger partial charge is 0.495 e. The van der Waals surface area contributed by atoms with E-state index in [1.165, 1.54) is 0 Å². The van der Waals surface area contributed by atoms with Gasteiger partial charge in [-0.1, -0.05) is 15.9 Å². The van der Waals surface area contributed by atoms with Crippen LogP contribution in [0, 0.1) is 0 Å². The van der Waals surface area contributed by atoms with Crippen LogP contribution in [0.3, 0.4) is 0 Å². The highest BCUT2D eigenvalue weighted by atomic mass is 79.9. The Morgan fingerprint density at radius 3 is 2.07 bits per heavy atom. The Morgan fingerprint density at radius 2 is 1.73 bits per heavy atom. The maximum atomic E-state index is 9.69. The van der Waals surface area contributed by atoms with Gasteiger partial charge in [0.1, 0.15) is 16.0 Å². The van der Waals surface area contributed by atoms with Crippen molar-refractivity contribution in [3.63, 3.8) is 0 Å². The van der Waals surface area contributed by atoms with Gasteiger partial charge in [-0.05, 0) is 33.6 Å². The topological polar surface area (TPSA) is 38.7 Å². The molecule has 1 aromatic rings. The molecule has 15 heavy (non-hydrogen) atoms. The van der Waals surface area contributed by atoms with E-state index in [2.05, 4.69) is 31.9 Å². The van der Waals surface area contributed by atoms with Gasteiger partial charge in [0.2, 0.25) is 0 Å². The van der Waals surface area contributed by atoms with Crippen LogP contribution in [0.25, 0.3) is 0 Å². The maximum Gasteiger partial charge on any atom is 0.137 e. The minimum absolute atomic E-state index is 0.473. The zero-order chi connectivity index (χ0) is 11.4. The molecule has 1 N–H and O–H groups in total. The van der Waals surface area contributed by atoms with Crippen LogP contribution >= 0.6 is 31.9 Å². The van der Waals surface area contributed by atoms with Crippen LogP contribution in [-0.4, -0.2) is 24.7 Å². The second-order valence-electron chi connectivity index (χ2n) is 2.91. The van der Waals surface area contributed by atoms with Crippen molar-refractivity contribution in [2.45, 2.75) is 6.10 Å². The number of aliphatic hydroxyl groups is 1. The van der Waals surface area contributed by atoms with E-state index in [9.17, 15) is 5.11 Å². The lowest BCUT2D eigenvalue weighted by atomic mass is 10.1. The molecule has 0 aliphatic carbocycles. The molecule has 3 nitrogen and oxygen atoms in total. The highest BCUT2D eigenvalue weighted by Crippen LogP contribution is 2.37. The van der Waals surface area contributed by atoms with E-state index in [0.29, 0.717) is 16.8 Å². The smallest absolute Gasteiger partial charge is 0.137 e. The van der Waals surface area contributed by atoms with Gasteiger partial charge in [0.05, 0.1) is 20.3 Å². The summed E-state index contributed by atoms with van der Waals surface area (Å²) >= 11 is 6.58. The van der Waals surface area contributed by atoms with Crippen LogP contribution in [0.5, 0.6) is 11.5 Å². The van der Waals surface area contributed by atoms with Crippen LogP contribution in [0.4, 0.5) is 0 Å². The van der Waals surface area contributed by atoms with Crippen LogP contribution in [0.2, 0.25) is 0 Å². The Kier molecular flexibility index (Phi) is 4.89. The van der Waals surface area contributed by atoms with Crippen molar-refractivity contribution < 1.29 is 14.6 Å². The fourth-order valence-electron chi connectivity index (χ4n) is 1.17. The molecule has 0 bridgehead atoms. The lowest BCUT2D eigenvalue weighted by molar-refractivity contribution is 0.204. The summed E-state index contributed by atoms with van der Waals surface area (Å²) in [5.74, 6) is 1.29. The van der Waals surface area contributed by atoms with E-state index in [1.807, 2.05) is 0 Å². The molecule has 84 valence electrons. The Morgan fingerprint density at radius 1 is 1.27 bits per heavy atom. The monoisotopic (exact) mass is 338 g/mol. The first-order valence-electron chi connectivity index (χ1n) is 4.29. The number of hydrogen-bond donors (Lipinski definition) is 1. The Balaban J connectivity index is 3.20. The summed E-state index contributed by atoms with van der Waals surface area (Å²) in [6, 6.07) is 3.55. The molecular formula is C10H12Br2O3. The number of methoxy groups -OCH3 is 2. The molecule has 0 radical (unpaired) electrons. The van der Waals surface area contributed by atoms with Crippen molar-refractivity contribution >= 4 is 31.9 Å². The molecule has 0 saturated heterocycles. The standard InChI is InChI=1S/C10H12Br2O3/c1-14-8-3-6(7(13)5-11)4-9(15-2)10(8)12/h3-4,7,13H,5H2,1-2H3. The third-order valence-corrected chi connectivity index (χ3v) is 3.39. The number of alkyl halides is 1. The molecule has 1 unspecified atom stereocenters. The van der Waals surface area contributed by atoms with Gasteiger partial charge in [-0.3, -0.25) is 0 Å². The van der Waals surface area contributed by atoms with Gasteiger partial charge < -0.3 is 14.6 Å². The van der Waals surface area contributed by atoms with Crippen LogP contribution in [0.15, 0.2) is 16.6 Å². The first kappa shape index (κ1) is 12.8. The van der Waals surface area contributed by atoms with Gasteiger partial charge in [-0.2, -0.15) is 0 Å². The zero-order valence-corrected chi connectivity index (χ0v) is 11.6. The summed E-state index contributed by atoms with van der Waals surface area (Å²) in [5.41, 5.74) is 0.753. The SMILES string of the molecule is COc1cc(C(O)CBr)cc(OC)c1Br. The summed E-state index contributed by atoms with van der Waals surface area (Å²) in [6.45, 7) is 0. The van der Waals surface area contributed by atoms with Gasteiger partial charge in [-0.15, -0.1) is 0 Å². The summed E-state index contributed by atoms with van der Waals surface area (Å²) in [4.78, 5) is 0. The fourth-order valence-corrected chi connectivity index (χ4v) is 2.10. The third-order valence-electron chi connectivity index (χ3n) is 2.00. The number of ether oxygens (including phenoxy) is 2. The van der Waals surface area contributed by atoms with Crippen LogP contribution in [0.1, 0.15) is 11.7 Å². The van der Waals surface area contributed by atoms with Crippen molar-refractivity contribution in [2.75, 3.05) is 19.5 Å². The molecule has 0 aromatic heterocycles.